The van der Waals surface area contributed by atoms with Crippen molar-refractivity contribution in [2.75, 3.05) is 19.6 Å². The lowest BCUT2D eigenvalue weighted by molar-refractivity contribution is -0.149. The molecule has 5 heteroatoms. The number of rotatable bonds is 5. The van der Waals surface area contributed by atoms with E-state index in [1.54, 1.807) is 18.7 Å². The van der Waals surface area contributed by atoms with E-state index in [0.717, 1.165) is 6.42 Å². The minimum absolute atomic E-state index is 0.0379. The van der Waals surface area contributed by atoms with Crippen LogP contribution in [-0.4, -0.2) is 41.9 Å². The SMILES string of the molecule is CC(C)CC(CN)CC(=O)N1CCNC(=O)C1(C)C. The molecule has 0 radical (unpaired) electrons. The minimum atomic E-state index is -0.758. The third-order valence-electron chi connectivity index (χ3n) is 3.75. The molecule has 1 aliphatic heterocycles. The second-order valence-electron chi connectivity index (χ2n) is 6.30. The van der Waals surface area contributed by atoms with Gasteiger partial charge in [0.2, 0.25) is 11.8 Å². The molecule has 5 nitrogen and oxygen atoms in total. The number of hydrogen-bond donors (Lipinski definition) is 2. The van der Waals surface area contributed by atoms with Gasteiger partial charge in [-0.2, -0.15) is 0 Å². The molecule has 1 unspecified atom stereocenters. The summed E-state index contributed by atoms with van der Waals surface area (Å²) in [5.74, 6) is 0.684. The Balaban J connectivity index is 2.68. The molecular weight excluding hydrogens is 242 g/mol. The average molecular weight is 269 g/mol. The lowest BCUT2D eigenvalue weighted by Crippen LogP contribution is -2.63. The predicted molar refractivity (Wildman–Crippen MR) is 75.4 cm³/mol. The summed E-state index contributed by atoms with van der Waals surface area (Å²) in [6, 6.07) is 0. The van der Waals surface area contributed by atoms with Gasteiger partial charge < -0.3 is 16.0 Å². The summed E-state index contributed by atoms with van der Waals surface area (Å²) in [6.45, 7) is 9.47. The first kappa shape index (κ1) is 16.0. The number of carbonyl (C=O) groups is 2. The fourth-order valence-electron chi connectivity index (χ4n) is 2.62. The number of carbonyl (C=O) groups excluding carboxylic acids is 2. The summed E-state index contributed by atoms with van der Waals surface area (Å²) in [5.41, 5.74) is 4.99. The Morgan fingerprint density at radius 1 is 1.47 bits per heavy atom. The summed E-state index contributed by atoms with van der Waals surface area (Å²) in [6.07, 6.45) is 1.38. The van der Waals surface area contributed by atoms with Crippen LogP contribution in [0.1, 0.15) is 40.5 Å². The topological polar surface area (TPSA) is 75.4 Å². The zero-order valence-corrected chi connectivity index (χ0v) is 12.5. The van der Waals surface area contributed by atoms with Gasteiger partial charge in [0.15, 0.2) is 0 Å². The van der Waals surface area contributed by atoms with E-state index in [0.29, 0.717) is 32.0 Å². The van der Waals surface area contributed by atoms with Gasteiger partial charge in [-0.15, -0.1) is 0 Å². The molecule has 1 rings (SSSR count). The van der Waals surface area contributed by atoms with Crippen LogP contribution in [0.4, 0.5) is 0 Å². The number of hydrogen-bond acceptors (Lipinski definition) is 3. The Morgan fingerprint density at radius 2 is 2.11 bits per heavy atom. The van der Waals surface area contributed by atoms with Crippen molar-refractivity contribution in [3.63, 3.8) is 0 Å². The van der Waals surface area contributed by atoms with Gasteiger partial charge in [0.25, 0.3) is 0 Å². The predicted octanol–water partition coefficient (Wildman–Crippen LogP) is 0.735. The van der Waals surface area contributed by atoms with Crippen molar-refractivity contribution in [1.82, 2.24) is 10.2 Å². The minimum Gasteiger partial charge on any atom is -0.352 e. The van der Waals surface area contributed by atoms with Crippen LogP contribution in [0.3, 0.4) is 0 Å². The highest BCUT2D eigenvalue weighted by atomic mass is 16.2. The van der Waals surface area contributed by atoms with Crippen molar-refractivity contribution in [3.8, 4) is 0 Å². The number of nitrogens with one attached hydrogen (secondary N) is 1. The first-order valence-corrected chi connectivity index (χ1v) is 7.07. The molecule has 0 spiro atoms. The molecule has 0 aromatic rings. The van der Waals surface area contributed by atoms with Crippen LogP contribution in [-0.2, 0) is 9.59 Å². The van der Waals surface area contributed by atoms with Gasteiger partial charge in [0.05, 0.1) is 0 Å². The van der Waals surface area contributed by atoms with Crippen LogP contribution in [0.25, 0.3) is 0 Å². The van der Waals surface area contributed by atoms with Gasteiger partial charge in [-0.05, 0) is 38.6 Å². The smallest absolute Gasteiger partial charge is 0.245 e. The Bertz CT molecular complexity index is 340. The number of nitrogens with two attached hydrogens (primary N) is 1. The molecule has 1 aliphatic rings. The second-order valence-corrected chi connectivity index (χ2v) is 6.30. The Kier molecular flexibility index (Phi) is 5.35. The van der Waals surface area contributed by atoms with Crippen LogP contribution >= 0.6 is 0 Å². The van der Waals surface area contributed by atoms with Crippen LogP contribution in [0.15, 0.2) is 0 Å². The lowest BCUT2D eigenvalue weighted by atomic mass is 9.92. The van der Waals surface area contributed by atoms with E-state index in [1.165, 1.54) is 0 Å². The van der Waals surface area contributed by atoms with Crippen molar-refractivity contribution in [2.45, 2.75) is 46.1 Å². The number of amides is 2. The van der Waals surface area contributed by atoms with Crippen LogP contribution < -0.4 is 11.1 Å². The average Bonchev–Trinajstić information content (AvgIpc) is 2.30. The monoisotopic (exact) mass is 269 g/mol. The van der Waals surface area contributed by atoms with Crippen molar-refractivity contribution in [1.29, 1.82) is 0 Å². The highest BCUT2D eigenvalue weighted by molar-refractivity contribution is 5.91. The van der Waals surface area contributed by atoms with Crippen LogP contribution in [0, 0.1) is 11.8 Å². The Hall–Kier alpha value is -1.10. The molecule has 1 atom stereocenters. The number of nitrogens with zero attached hydrogens (tertiary/aromatic N) is 1. The lowest BCUT2D eigenvalue weighted by Gasteiger charge is -2.41. The molecule has 1 fully saturated rings. The number of piperazine rings is 1. The highest BCUT2D eigenvalue weighted by Crippen LogP contribution is 2.22. The van der Waals surface area contributed by atoms with E-state index in [-0.39, 0.29) is 17.7 Å². The maximum atomic E-state index is 12.4. The molecule has 0 saturated carbocycles. The summed E-state index contributed by atoms with van der Waals surface area (Å²) in [5, 5.41) is 2.80. The van der Waals surface area contributed by atoms with Crippen molar-refractivity contribution >= 4 is 11.8 Å². The van der Waals surface area contributed by atoms with Gasteiger partial charge in [-0.1, -0.05) is 13.8 Å². The van der Waals surface area contributed by atoms with Gasteiger partial charge in [0.1, 0.15) is 5.54 Å². The van der Waals surface area contributed by atoms with E-state index in [4.69, 9.17) is 5.73 Å². The first-order valence-electron chi connectivity index (χ1n) is 7.07. The van der Waals surface area contributed by atoms with Gasteiger partial charge >= 0.3 is 0 Å². The van der Waals surface area contributed by atoms with Crippen molar-refractivity contribution < 1.29 is 9.59 Å². The van der Waals surface area contributed by atoms with Crippen LogP contribution in [0.5, 0.6) is 0 Å². The van der Waals surface area contributed by atoms with Crippen molar-refractivity contribution in [3.05, 3.63) is 0 Å². The standard InChI is InChI=1S/C14H27N3O2/c1-10(2)7-11(9-15)8-12(18)17-6-5-16-13(19)14(17,3)4/h10-11H,5-9,15H2,1-4H3,(H,16,19). The molecule has 0 aliphatic carbocycles. The van der Waals surface area contributed by atoms with E-state index in [1.807, 2.05) is 0 Å². The van der Waals surface area contributed by atoms with Crippen LogP contribution in [0.2, 0.25) is 0 Å². The first-order chi connectivity index (χ1) is 8.78. The van der Waals surface area contributed by atoms with Gasteiger partial charge in [0, 0.05) is 19.5 Å². The zero-order valence-electron chi connectivity index (χ0n) is 12.5. The quantitative estimate of drug-likeness (QED) is 0.773. The molecule has 1 saturated heterocycles. The van der Waals surface area contributed by atoms with E-state index >= 15 is 0 Å². The second kappa shape index (κ2) is 6.37. The molecule has 0 bridgehead atoms. The van der Waals surface area contributed by atoms with Crippen molar-refractivity contribution in [2.24, 2.45) is 17.6 Å². The maximum absolute atomic E-state index is 12.4. The van der Waals surface area contributed by atoms with E-state index in [2.05, 4.69) is 19.2 Å². The zero-order chi connectivity index (χ0) is 14.6. The third-order valence-corrected chi connectivity index (χ3v) is 3.75. The third kappa shape index (κ3) is 3.93. The van der Waals surface area contributed by atoms with E-state index in [9.17, 15) is 9.59 Å². The molecule has 0 aromatic carbocycles. The molecule has 0 aromatic heterocycles. The molecule has 2 amide bonds. The summed E-state index contributed by atoms with van der Waals surface area (Å²) in [4.78, 5) is 25.9. The summed E-state index contributed by atoms with van der Waals surface area (Å²) in [7, 11) is 0. The molecule has 1 heterocycles. The summed E-state index contributed by atoms with van der Waals surface area (Å²) < 4.78 is 0. The fraction of sp³-hybridized carbons (Fsp3) is 0.857. The molecule has 19 heavy (non-hydrogen) atoms. The molecule has 3 N–H and O–H groups in total. The normalized spacial score (nSPS) is 20.3. The highest BCUT2D eigenvalue weighted by Gasteiger charge is 2.40. The van der Waals surface area contributed by atoms with Gasteiger partial charge in [-0.25, -0.2) is 0 Å². The maximum Gasteiger partial charge on any atom is 0.245 e. The Morgan fingerprint density at radius 3 is 2.63 bits per heavy atom. The molecular formula is C14H27N3O2. The molecule has 110 valence electrons. The fourth-order valence-corrected chi connectivity index (χ4v) is 2.62. The van der Waals surface area contributed by atoms with E-state index < -0.39 is 5.54 Å². The Labute approximate surface area is 115 Å². The summed E-state index contributed by atoms with van der Waals surface area (Å²) >= 11 is 0. The van der Waals surface area contributed by atoms with Gasteiger partial charge in [-0.3, -0.25) is 9.59 Å². The largest absolute Gasteiger partial charge is 0.352 e.